The van der Waals surface area contributed by atoms with Crippen molar-refractivity contribution in [2.75, 3.05) is 6.26 Å². The van der Waals surface area contributed by atoms with Crippen molar-refractivity contribution in [3.63, 3.8) is 0 Å². The van der Waals surface area contributed by atoms with Gasteiger partial charge in [0.15, 0.2) is 0 Å². The highest BCUT2D eigenvalue weighted by Crippen LogP contribution is 2.10. The summed E-state index contributed by atoms with van der Waals surface area (Å²) in [7, 11) is 0. The van der Waals surface area contributed by atoms with Crippen LogP contribution in [0.2, 0.25) is 0 Å². The molecule has 0 atom stereocenters. The minimum Gasteiger partial charge on any atom is -0.135 e. The van der Waals surface area contributed by atoms with E-state index in [1.54, 1.807) is 11.8 Å². The highest BCUT2D eigenvalue weighted by molar-refractivity contribution is 8.02. The Balaban J connectivity index is 2.99. The first-order valence-corrected chi connectivity index (χ1v) is 3.04. The molecule has 0 spiro atoms. The van der Waals surface area contributed by atoms with E-state index in [0.29, 0.717) is 0 Å². The number of hydrogen-bond donors (Lipinski definition) is 0. The molecule has 0 saturated heterocycles. The molecule has 0 aliphatic carbocycles. The lowest BCUT2D eigenvalue weighted by molar-refractivity contribution is 1.38. The third-order valence-corrected chi connectivity index (χ3v) is 1.35. The van der Waals surface area contributed by atoms with Crippen LogP contribution in [-0.4, -0.2) is 6.26 Å². The highest BCUT2D eigenvalue weighted by atomic mass is 32.2. The molecule has 0 aromatic rings. The van der Waals surface area contributed by atoms with Gasteiger partial charge in [-0.25, -0.2) is 0 Å². The van der Waals surface area contributed by atoms with E-state index in [4.69, 9.17) is 0 Å². The van der Waals surface area contributed by atoms with E-state index in [1.165, 1.54) is 0 Å². The molecule has 0 N–H and O–H groups in total. The molecule has 0 aromatic heterocycles. The SMILES string of the molecule is [CH2]CC(=C)SC. The van der Waals surface area contributed by atoms with E-state index in [-0.39, 0.29) is 0 Å². The summed E-state index contributed by atoms with van der Waals surface area (Å²) in [5.41, 5.74) is 0. The van der Waals surface area contributed by atoms with Gasteiger partial charge >= 0.3 is 0 Å². The zero-order chi connectivity index (χ0) is 4.99. The van der Waals surface area contributed by atoms with E-state index in [1.807, 2.05) is 6.26 Å². The standard InChI is InChI=1S/C5H9S/c1-4-5(2)6-3/h1-2,4H2,3H3. The third-order valence-electron chi connectivity index (χ3n) is 0.568. The van der Waals surface area contributed by atoms with Crippen LogP contribution in [0.4, 0.5) is 0 Å². The number of thioether (sulfide) groups is 1. The third kappa shape index (κ3) is 2.33. The Kier molecular flexibility index (Phi) is 3.34. The lowest BCUT2D eigenvalue weighted by atomic mass is 10.5. The maximum absolute atomic E-state index is 3.69. The van der Waals surface area contributed by atoms with Crippen molar-refractivity contribution in [3.8, 4) is 0 Å². The zero-order valence-electron chi connectivity index (χ0n) is 4.03. The monoisotopic (exact) mass is 101 g/mol. The average molecular weight is 101 g/mol. The fourth-order valence-electron chi connectivity index (χ4n) is 0.102. The Bertz CT molecular complexity index is 41.9. The number of rotatable bonds is 2. The van der Waals surface area contributed by atoms with Crippen molar-refractivity contribution >= 4 is 11.8 Å². The molecule has 0 aliphatic rings. The van der Waals surface area contributed by atoms with Crippen LogP contribution >= 0.6 is 11.8 Å². The molecule has 6 heavy (non-hydrogen) atoms. The first kappa shape index (κ1) is 6.09. The van der Waals surface area contributed by atoms with Gasteiger partial charge in [0.1, 0.15) is 0 Å². The maximum atomic E-state index is 3.69. The largest absolute Gasteiger partial charge is 0.135 e. The second-order valence-corrected chi connectivity index (χ2v) is 1.98. The van der Waals surface area contributed by atoms with Gasteiger partial charge in [-0.3, -0.25) is 0 Å². The van der Waals surface area contributed by atoms with Gasteiger partial charge in [0, 0.05) is 0 Å². The van der Waals surface area contributed by atoms with E-state index in [2.05, 4.69) is 13.5 Å². The van der Waals surface area contributed by atoms with Gasteiger partial charge in [-0.15, -0.1) is 11.8 Å². The normalized spacial score (nSPS) is 8.33. The molecule has 0 fully saturated rings. The first-order valence-electron chi connectivity index (χ1n) is 1.82. The van der Waals surface area contributed by atoms with Gasteiger partial charge in [-0.1, -0.05) is 6.58 Å². The first-order chi connectivity index (χ1) is 2.81. The summed E-state index contributed by atoms with van der Waals surface area (Å²) < 4.78 is 0. The van der Waals surface area contributed by atoms with Gasteiger partial charge in [0.25, 0.3) is 0 Å². The van der Waals surface area contributed by atoms with Crippen molar-refractivity contribution in [2.45, 2.75) is 6.42 Å². The van der Waals surface area contributed by atoms with Gasteiger partial charge in [0.2, 0.25) is 0 Å². The van der Waals surface area contributed by atoms with E-state index in [9.17, 15) is 0 Å². The molecule has 0 heterocycles. The Morgan fingerprint density at radius 1 is 1.83 bits per heavy atom. The summed E-state index contributed by atoms with van der Waals surface area (Å²) in [5, 5.41) is 0. The molecule has 0 nitrogen and oxygen atoms in total. The Morgan fingerprint density at radius 2 is 2.33 bits per heavy atom. The van der Waals surface area contributed by atoms with Crippen LogP contribution in [0, 0.1) is 6.92 Å². The van der Waals surface area contributed by atoms with Crippen molar-refractivity contribution in [2.24, 2.45) is 0 Å². The van der Waals surface area contributed by atoms with Gasteiger partial charge in [-0.05, 0) is 24.5 Å². The molecule has 0 amide bonds. The summed E-state index contributed by atoms with van der Waals surface area (Å²) in [6.45, 7) is 7.33. The van der Waals surface area contributed by atoms with E-state index in [0.717, 1.165) is 11.3 Å². The lowest BCUT2D eigenvalue weighted by Gasteiger charge is -1.88. The quantitative estimate of drug-likeness (QED) is 0.513. The predicted octanol–water partition coefficient (Wildman–Crippen LogP) is 2.09. The smallest absolute Gasteiger partial charge is 0.0140 e. The molecule has 0 bridgehead atoms. The molecule has 0 rings (SSSR count). The van der Waals surface area contributed by atoms with E-state index < -0.39 is 0 Å². The van der Waals surface area contributed by atoms with Crippen LogP contribution in [0.5, 0.6) is 0 Å². The second kappa shape index (κ2) is 3.29. The zero-order valence-corrected chi connectivity index (χ0v) is 4.85. The van der Waals surface area contributed by atoms with Crippen LogP contribution < -0.4 is 0 Å². The van der Waals surface area contributed by atoms with Crippen molar-refractivity contribution in [1.29, 1.82) is 0 Å². The van der Waals surface area contributed by atoms with Crippen LogP contribution in [0.3, 0.4) is 0 Å². The number of allylic oxidation sites excluding steroid dienone is 1. The number of hydrogen-bond acceptors (Lipinski definition) is 1. The molecular weight excluding hydrogens is 92.1 g/mol. The maximum Gasteiger partial charge on any atom is -0.0140 e. The van der Waals surface area contributed by atoms with Crippen LogP contribution in [0.1, 0.15) is 6.42 Å². The fourth-order valence-corrected chi connectivity index (χ4v) is 0.306. The molecule has 1 heteroatoms. The van der Waals surface area contributed by atoms with Crippen LogP contribution in [-0.2, 0) is 0 Å². The molecule has 35 valence electrons. The molecule has 0 unspecified atom stereocenters. The Hall–Kier alpha value is 0.0900. The summed E-state index contributed by atoms with van der Waals surface area (Å²) in [5.74, 6) is 0. The highest BCUT2D eigenvalue weighted by Gasteiger charge is 1.78. The lowest BCUT2D eigenvalue weighted by Crippen LogP contribution is -1.62. The molecule has 0 saturated carbocycles. The minimum absolute atomic E-state index is 0.848. The van der Waals surface area contributed by atoms with Crippen molar-refractivity contribution in [3.05, 3.63) is 18.4 Å². The Morgan fingerprint density at radius 3 is 2.33 bits per heavy atom. The van der Waals surface area contributed by atoms with Crippen LogP contribution in [0.25, 0.3) is 0 Å². The summed E-state index contributed by atoms with van der Waals surface area (Å²) >= 11 is 1.67. The second-order valence-electron chi connectivity index (χ2n) is 0.993. The fraction of sp³-hybridized carbons (Fsp3) is 0.400. The minimum atomic E-state index is 0.848. The molecular formula is C5H9S. The molecule has 1 radical (unpaired) electrons. The average Bonchev–Trinajstić information content (AvgIpc) is 1.65. The summed E-state index contributed by atoms with van der Waals surface area (Å²) in [4.78, 5) is 1.15. The molecule has 0 aliphatic heterocycles. The van der Waals surface area contributed by atoms with Gasteiger partial charge in [-0.2, -0.15) is 0 Å². The van der Waals surface area contributed by atoms with Gasteiger partial charge < -0.3 is 0 Å². The topological polar surface area (TPSA) is 0 Å². The Labute approximate surface area is 43.6 Å². The summed E-state index contributed by atoms with van der Waals surface area (Å²) in [6.07, 6.45) is 2.86. The predicted molar refractivity (Wildman–Crippen MR) is 32.6 cm³/mol. The van der Waals surface area contributed by atoms with Gasteiger partial charge in [0.05, 0.1) is 0 Å². The molecule has 0 aromatic carbocycles. The van der Waals surface area contributed by atoms with Crippen LogP contribution in [0.15, 0.2) is 11.5 Å². The van der Waals surface area contributed by atoms with Crippen molar-refractivity contribution < 1.29 is 0 Å². The summed E-state index contributed by atoms with van der Waals surface area (Å²) in [6, 6.07) is 0. The van der Waals surface area contributed by atoms with E-state index >= 15 is 0 Å². The van der Waals surface area contributed by atoms with Crippen molar-refractivity contribution in [1.82, 2.24) is 0 Å².